The Bertz CT molecular complexity index is 1300. The van der Waals surface area contributed by atoms with Crippen LogP contribution in [0.25, 0.3) is 10.1 Å². The van der Waals surface area contributed by atoms with Crippen molar-refractivity contribution in [2.45, 2.75) is 5.41 Å². The zero-order chi connectivity index (χ0) is 18.8. The smallest absolute Gasteiger partial charge is 0.245 e. The van der Waals surface area contributed by atoms with Gasteiger partial charge in [0.15, 0.2) is 0 Å². The van der Waals surface area contributed by atoms with Crippen LogP contribution in [0.15, 0.2) is 64.8 Å². The third kappa shape index (κ3) is 1.77. The highest BCUT2D eigenvalue weighted by molar-refractivity contribution is 7.16. The Morgan fingerprint density at radius 1 is 1.11 bits per heavy atom. The van der Waals surface area contributed by atoms with Crippen LogP contribution < -0.4 is 20.5 Å². The van der Waals surface area contributed by atoms with E-state index in [1.54, 1.807) is 36.4 Å². The van der Waals surface area contributed by atoms with Crippen molar-refractivity contribution >= 4 is 33.0 Å². The molecule has 2 aromatic carbocycles. The van der Waals surface area contributed by atoms with Gasteiger partial charge in [0.1, 0.15) is 22.8 Å². The first-order valence-electron chi connectivity index (χ1n) is 8.14. The summed E-state index contributed by atoms with van der Waals surface area (Å²) in [6, 6.07) is 16.3. The highest BCUT2D eigenvalue weighted by Crippen LogP contribution is 2.53. The number of anilines is 1. The molecule has 6 nitrogen and oxygen atoms in total. The molecule has 0 fully saturated rings. The van der Waals surface area contributed by atoms with Crippen molar-refractivity contribution in [3.05, 3.63) is 80.7 Å². The van der Waals surface area contributed by atoms with Gasteiger partial charge in [-0.25, -0.2) is 0 Å². The molecule has 7 heteroatoms. The van der Waals surface area contributed by atoms with Gasteiger partial charge in [0.2, 0.25) is 16.5 Å². The molecule has 0 radical (unpaired) electrons. The number of nitrogens with two attached hydrogens (primary N) is 1. The number of carbonyl (C=O) groups excluding carboxylic acids is 1. The molecule has 2 aliphatic rings. The van der Waals surface area contributed by atoms with Crippen molar-refractivity contribution in [3.63, 3.8) is 0 Å². The molecule has 27 heavy (non-hydrogen) atoms. The first-order valence-corrected chi connectivity index (χ1v) is 8.96. The standard InChI is InChI=1S/C20H11N3O3S/c21-9-12-17(22)26-16-10-5-1-4-8-14(10)27-18(24)15(16)20(12)11-6-2-3-7-13(11)23-19(20)25/h1-8H,22H2,(H,23,25). The van der Waals surface area contributed by atoms with Crippen LogP contribution in [0.4, 0.5) is 5.69 Å². The maximum Gasteiger partial charge on any atom is 0.245 e. The lowest BCUT2D eigenvalue weighted by atomic mass is 9.69. The molecule has 3 N–H and O–H groups in total. The average molecular weight is 373 g/mol. The minimum Gasteiger partial charge on any atom is -0.439 e. The lowest BCUT2D eigenvalue weighted by Gasteiger charge is -2.33. The van der Waals surface area contributed by atoms with Crippen molar-refractivity contribution in [3.8, 4) is 11.8 Å². The topological polar surface area (TPSA) is 105 Å². The van der Waals surface area contributed by atoms with Crippen molar-refractivity contribution in [1.82, 2.24) is 0 Å². The molecule has 5 rings (SSSR count). The molecular weight excluding hydrogens is 362 g/mol. The molecular formula is C20H11N3O3S. The fourth-order valence-electron chi connectivity index (χ4n) is 3.91. The molecule has 3 aromatic rings. The van der Waals surface area contributed by atoms with Crippen LogP contribution >= 0.6 is 11.3 Å². The summed E-state index contributed by atoms with van der Waals surface area (Å²) >= 11 is 1.02. The number of amides is 1. The van der Waals surface area contributed by atoms with Gasteiger partial charge in [0, 0.05) is 21.3 Å². The number of nitrogens with one attached hydrogen (secondary N) is 1. The predicted octanol–water partition coefficient (Wildman–Crippen LogP) is 2.59. The molecule has 0 saturated carbocycles. The van der Waals surface area contributed by atoms with Crippen LogP contribution in [0, 0.1) is 11.3 Å². The number of carbonyl (C=O) groups is 1. The molecule has 0 bridgehead atoms. The quantitative estimate of drug-likeness (QED) is 0.630. The van der Waals surface area contributed by atoms with Gasteiger partial charge >= 0.3 is 0 Å². The van der Waals surface area contributed by atoms with E-state index in [0.29, 0.717) is 16.6 Å². The second-order valence-corrected chi connectivity index (χ2v) is 7.31. The van der Waals surface area contributed by atoms with Crippen molar-refractivity contribution in [2.24, 2.45) is 5.73 Å². The number of fused-ring (bicyclic) bond motifs is 6. The molecule has 1 atom stereocenters. The van der Waals surface area contributed by atoms with Crippen LogP contribution in [0.2, 0.25) is 0 Å². The number of hydrogen-bond donors (Lipinski definition) is 2. The molecule has 0 saturated heterocycles. The number of ether oxygens (including phenoxy) is 1. The Labute approximate surface area is 157 Å². The van der Waals surface area contributed by atoms with E-state index in [-0.39, 0.29) is 27.5 Å². The molecule has 1 unspecified atom stereocenters. The van der Waals surface area contributed by atoms with E-state index < -0.39 is 11.3 Å². The van der Waals surface area contributed by atoms with E-state index in [1.807, 2.05) is 18.2 Å². The fourth-order valence-corrected chi connectivity index (χ4v) is 4.88. The summed E-state index contributed by atoms with van der Waals surface area (Å²) in [5.74, 6) is -0.414. The van der Waals surface area contributed by atoms with Crippen molar-refractivity contribution in [1.29, 1.82) is 5.26 Å². The predicted molar refractivity (Wildman–Crippen MR) is 101 cm³/mol. The maximum absolute atomic E-state index is 13.2. The Hall–Kier alpha value is -3.63. The lowest BCUT2D eigenvalue weighted by Crippen LogP contribution is -2.45. The van der Waals surface area contributed by atoms with Crippen LogP contribution in [0.3, 0.4) is 0 Å². The first-order chi connectivity index (χ1) is 13.1. The third-order valence-electron chi connectivity index (χ3n) is 5.01. The maximum atomic E-state index is 13.2. The molecule has 3 heterocycles. The SMILES string of the molecule is N#CC1=C(N)Oc2c(c(=O)sc3ccccc23)C12C(=O)Nc1ccccc12. The Kier molecular flexibility index (Phi) is 3.00. The fraction of sp³-hybridized carbons (Fsp3) is 0.0500. The number of para-hydroxylation sites is 1. The van der Waals surface area contributed by atoms with Gasteiger partial charge in [0.25, 0.3) is 0 Å². The van der Waals surface area contributed by atoms with E-state index in [2.05, 4.69) is 5.32 Å². The number of benzene rings is 2. The van der Waals surface area contributed by atoms with Gasteiger partial charge in [-0.05, 0) is 18.2 Å². The van der Waals surface area contributed by atoms with Crippen LogP contribution in [0.5, 0.6) is 5.75 Å². The number of nitriles is 1. The van der Waals surface area contributed by atoms with Crippen LogP contribution in [0.1, 0.15) is 11.1 Å². The van der Waals surface area contributed by atoms with E-state index in [1.165, 1.54) is 0 Å². The normalized spacial score (nSPS) is 20.0. The van der Waals surface area contributed by atoms with Crippen LogP contribution in [-0.2, 0) is 10.2 Å². The van der Waals surface area contributed by atoms with Gasteiger partial charge in [-0.2, -0.15) is 5.26 Å². The summed E-state index contributed by atoms with van der Waals surface area (Å²) in [6.07, 6.45) is 0. The Morgan fingerprint density at radius 3 is 2.67 bits per heavy atom. The van der Waals surface area contributed by atoms with Gasteiger partial charge in [0.05, 0.1) is 5.56 Å². The molecule has 1 aromatic heterocycles. The summed E-state index contributed by atoms with van der Waals surface area (Å²) in [7, 11) is 0. The molecule has 2 aliphatic heterocycles. The van der Waals surface area contributed by atoms with Crippen molar-refractivity contribution in [2.75, 3.05) is 5.32 Å². The van der Waals surface area contributed by atoms with E-state index in [0.717, 1.165) is 16.0 Å². The second kappa shape index (κ2) is 5.19. The highest BCUT2D eigenvalue weighted by atomic mass is 32.1. The summed E-state index contributed by atoms with van der Waals surface area (Å²) in [5, 5.41) is 13.3. The minimum atomic E-state index is -1.61. The van der Waals surface area contributed by atoms with Gasteiger partial charge < -0.3 is 15.8 Å². The molecule has 1 amide bonds. The second-order valence-electron chi connectivity index (χ2n) is 6.29. The lowest BCUT2D eigenvalue weighted by molar-refractivity contribution is -0.118. The largest absolute Gasteiger partial charge is 0.439 e. The van der Waals surface area contributed by atoms with Gasteiger partial charge in [-0.1, -0.05) is 41.7 Å². The Morgan fingerprint density at radius 2 is 1.85 bits per heavy atom. The molecule has 1 spiro atoms. The zero-order valence-electron chi connectivity index (χ0n) is 13.8. The first kappa shape index (κ1) is 15.6. The van der Waals surface area contributed by atoms with E-state index in [4.69, 9.17) is 10.5 Å². The average Bonchev–Trinajstić information content (AvgIpc) is 2.94. The summed E-state index contributed by atoms with van der Waals surface area (Å²) < 4.78 is 6.12. The van der Waals surface area contributed by atoms with E-state index in [9.17, 15) is 14.9 Å². The van der Waals surface area contributed by atoms with Crippen molar-refractivity contribution < 1.29 is 9.53 Å². The summed E-state index contributed by atoms with van der Waals surface area (Å²) in [4.78, 5) is 26.4. The van der Waals surface area contributed by atoms with E-state index >= 15 is 0 Å². The minimum absolute atomic E-state index is 0.0722. The zero-order valence-corrected chi connectivity index (χ0v) is 14.6. The van der Waals surface area contributed by atoms with Gasteiger partial charge in [-0.3, -0.25) is 9.59 Å². The Balaban J connectivity index is 2.03. The monoisotopic (exact) mass is 373 g/mol. The van der Waals surface area contributed by atoms with Crippen LogP contribution in [-0.4, -0.2) is 5.91 Å². The third-order valence-corrected chi connectivity index (χ3v) is 5.97. The number of hydrogen-bond acceptors (Lipinski definition) is 6. The molecule has 0 aliphatic carbocycles. The number of nitrogens with zero attached hydrogens (tertiary/aromatic N) is 1. The van der Waals surface area contributed by atoms with Gasteiger partial charge in [-0.15, -0.1) is 0 Å². The summed E-state index contributed by atoms with van der Waals surface area (Å²) in [5.41, 5.74) is 5.61. The highest BCUT2D eigenvalue weighted by Gasteiger charge is 2.58. The summed E-state index contributed by atoms with van der Waals surface area (Å²) in [6.45, 7) is 0. The molecule has 130 valence electrons. The number of rotatable bonds is 0.